The van der Waals surface area contributed by atoms with E-state index in [1.807, 2.05) is 0 Å². The molecule has 0 saturated carbocycles. The smallest absolute Gasteiger partial charge is 0.336 e. The van der Waals surface area contributed by atoms with Crippen LogP contribution in [0.2, 0.25) is 0 Å². The van der Waals surface area contributed by atoms with Crippen molar-refractivity contribution in [2.45, 2.75) is 444 Å². The van der Waals surface area contributed by atoms with Crippen molar-refractivity contribution in [1.29, 1.82) is 0 Å². The number of rotatable bonds is 68. The Morgan fingerprint density at radius 3 is 0.410 bits per heavy atom. The molecule has 0 atom stereocenters. The number of carbonyl (C=O) groups excluding carboxylic acids is 9. The lowest BCUT2D eigenvalue weighted by molar-refractivity contribution is -0.170. The number of hydrogen-bond donors (Lipinski definition) is 7. The molecule has 19 nitrogen and oxygen atoms in total. The zero-order valence-corrected chi connectivity index (χ0v) is 65.0. The van der Waals surface area contributed by atoms with Gasteiger partial charge in [-0.25, -0.2) is 4.79 Å². The Morgan fingerprint density at radius 2 is 0.320 bits per heavy atom. The summed E-state index contributed by atoms with van der Waals surface area (Å²) in [7, 11) is 0. The molecule has 0 amide bonds. The number of Topliss-reactive ketones (excluding diaryl/α,β-unsaturated/α-hetero) is 9. The van der Waals surface area contributed by atoms with Gasteiger partial charge in [-0.1, -0.05) is 293 Å². The van der Waals surface area contributed by atoms with Gasteiger partial charge in [-0.05, 0) is 57.8 Å². The minimum atomic E-state index is -2.74. The van der Waals surface area contributed by atoms with Crippen LogP contribution < -0.4 is 17.2 Å². The maximum atomic E-state index is 12.9. The molecule has 0 bridgehead atoms. The van der Waals surface area contributed by atoms with Crippen molar-refractivity contribution in [1.82, 2.24) is 0 Å². The monoisotopic (exact) mass is 1420 g/mol. The van der Waals surface area contributed by atoms with E-state index in [0.717, 1.165) is 231 Å². The van der Waals surface area contributed by atoms with Crippen LogP contribution >= 0.6 is 0 Å². The third-order valence-corrected chi connectivity index (χ3v) is 18.8. The Kier molecular flexibility index (Phi) is 67.3. The van der Waals surface area contributed by atoms with Gasteiger partial charge in [0, 0.05) is 57.8 Å². The molecule has 0 aromatic rings. The van der Waals surface area contributed by atoms with Crippen molar-refractivity contribution in [2.24, 2.45) is 17.2 Å². The summed E-state index contributed by atoms with van der Waals surface area (Å²) in [6.07, 6.45) is 45.2. The largest absolute Gasteiger partial charge is 0.481 e. The molecule has 0 radical (unpaired) electrons. The number of ketones is 9. The van der Waals surface area contributed by atoms with Crippen LogP contribution in [-0.2, 0) is 57.5 Å². The van der Waals surface area contributed by atoms with Gasteiger partial charge in [0.05, 0.1) is 12.8 Å². The first kappa shape index (κ1) is 102. The summed E-state index contributed by atoms with van der Waals surface area (Å²) in [5.74, 6) is -8.22. The van der Waals surface area contributed by atoms with E-state index in [-0.39, 0.29) is 110 Å². The van der Waals surface area contributed by atoms with Crippen LogP contribution in [0.15, 0.2) is 0 Å². The topological polar surface area (TPSA) is 364 Å². The second-order valence-electron chi connectivity index (χ2n) is 28.2. The summed E-state index contributed by atoms with van der Waals surface area (Å²) in [6, 6.07) is 0. The van der Waals surface area contributed by atoms with Crippen LogP contribution in [0.25, 0.3) is 0 Å². The average Bonchev–Trinajstić information content (AvgIpc) is 0.819. The number of carbonyl (C=O) groups is 12. The lowest BCUT2D eigenvalue weighted by Gasteiger charge is -2.25. The molecule has 584 valence electrons. The first-order valence-corrected chi connectivity index (χ1v) is 40.2. The Hall–Kier alpha value is -4.72. The van der Waals surface area contributed by atoms with Crippen LogP contribution in [-0.4, -0.2) is 113 Å². The lowest BCUT2D eigenvalue weighted by Crippen LogP contribution is -2.61. The maximum absolute atomic E-state index is 12.9. The van der Waals surface area contributed by atoms with Gasteiger partial charge in [0.15, 0.2) is 74.3 Å². The molecule has 19 heteroatoms. The van der Waals surface area contributed by atoms with Crippen molar-refractivity contribution < 1.29 is 78.0 Å². The minimum Gasteiger partial charge on any atom is -0.481 e. The highest BCUT2D eigenvalue weighted by Gasteiger charge is 2.49. The fourth-order valence-corrected chi connectivity index (χ4v) is 11.9. The molecule has 10 N–H and O–H groups in total. The summed E-state index contributed by atoms with van der Waals surface area (Å²) in [6.45, 7) is 19.3. The number of carboxylic acid groups (broad SMARTS) is 3. The summed E-state index contributed by atoms with van der Waals surface area (Å²) >= 11 is 0. The van der Waals surface area contributed by atoms with Crippen LogP contribution in [0.4, 0.5) is 0 Å². The molecule has 0 saturated heterocycles. The van der Waals surface area contributed by atoms with Gasteiger partial charge in [-0.3, -0.25) is 52.7 Å². The summed E-state index contributed by atoms with van der Waals surface area (Å²) in [5.41, 5.74) is 10.5. The van der Waals surface area contributed by atoms with E-state index in [1.54, 1.807) is 0 Å². The van der Waals surface area contributed by atoms with Crippen molar-refractivity contribution in [3.63, 3.8) is 0 Å². The number of hydrogen-bond acceptors (Lipinski definition) is 16. The van der Waals surface area contributed by atoms with Crippen molar-refractivity contribution >= 4 is 70.0 Å². The number of aliphatic carboxylic acids is 3. The van der Waals surface area contributed by atoms with E-state index < -0.39 is 53.0 Å². The predicted molar refractivity (Wildman–Crippen MR) is 403 cm³/mol. The van der Waals surface area contributed by atoms with E-state index in [2.05, 4.69) is 62.3 Å². The second-order valence-corrected chi connectivity index (χ2v) is 28.2. The summed E-state index contributed by atoms with van der Waals surface area (Å²) in [5, 5.41) is 33.8. The molecule has 0 aliphatic carbocycles. The third-order valence-electron chi connectivity index (χ3n) is 18.8. The molecule has 0 rings (SSSR count). The van der Waals surface area contributed by atoms with Gasteiger partial charge in [0.25, 0.3) is 0 Å². The molecule has 0 fully saturated rings. The lowest BCUT2D eigenvalue weighted by atomic mass is 9.79. The van der Waals surface area contributed by atoms with Gasteiger partial charge in [0.1, 0.15) is 0 Å². The molecule has 0 heterocycles. The fraction of sp³-hybridized carbons (Fsp3) is 0.852. The number of nitrogens with two attached hydrogens (primary N) is 3. The second kappa shape index (κ2) is 66.2. The molecule has 0 spiro atoms. The third kappa shape index (κ3) is 48.3. The summed E-state index contributed by atoms with van der Waals surface area (Å²) in [4.78, 5) is 146. The zero-order valence-electron chi connectivity index (χ0n) is 65.0. The van der Waals surface area contributed by atoms with E-state index in [1.165, 1.54) is 0 Å². The van der Waals surface area contributed by atoms with Crippen molar-refractivity contribution in [3.05, 3.63) is 0 Å². The highest BCUT2D eigenvalue weighted by molar-refractivity contribution is 6.30. The Bertz CT molecular complexity index is 1820. The van der Waals surface area contributed by atoms with Gasteiger partial charge in [-0.2, -0.15) is 0 Å². The van der Waals surface area contributed by atoms with Crippen LogP contribution in [0.5, 0.6) is 0 Å². The van der Waals surface area contributed by atoms with Crippen LogP contribution in [0.1, 0.15) is 422 Å². The highest BCUT2D eigenvalue weighted by atomic mass is 16.4. The zero-order chi connectivity index (χ0) is 76.5. The number of aliphatic hydroxyl groups is 1. The number of carboxylic acids is 3. The number of unbranched alkanes of at least 4 members (excludes halogenated alkanes) is 36. The quantitative estimate of drug-likeness (QED) is 0.0220. The highest BCUT2D eigenvalue weighted by Crippen LogP contribution is 2.25. The van der Waals surface area contributed by atoms with Gasteiger partial charge in [-0.15, -0.1) is 0 Å². The van der Waals surface area contributed by atoms with Crippen LogP contribution in [0, 0.1) is 0 Å². The summed E-state index contributed by atoms with van der Waals surface area (Å²) < 4.78 is 0. The Morgan fingerprint density at radius 1 is 0.210 bits per heavy atom. The first-order chi connectivity index (χ1) is 47.6. The normalized spacial score (nSPS) is 11.5. The van der Waals surface area contributed by atoms with E-state index >= 15 is 0 Å². The molecule has 100 heavy (non-hydrogen) atoms. The molecular weight excluding hydrogens is 1270 g/mol. The minimum absolute atomic E-state index is 0.239. The fourth-order valence-electron chi connectivity index (χ4n) is 11.9. The van der Waals surface area contributed by atoms with Crippen molar-refractivity contribution in [2.75, 3.05) is 0 Å². The Labute approximate surface area is 606 Å². The van der Waals surface area contributed by atoms with E-state index in [0.29, 0.717) is 57.8 Å². The molecule has 0 aromatic heterocycles. The molecule has 0 aliphatic heterocycles. The van der Waals surface area contributed by atoms with Crippen molar-refractivity contribution in [3.8, 4) is 0 Å². The van der Waals surface area contributed by atoms with E-state index in [4.69, 9.17) is 37.6 Å². The molecule has 0 aliphatic rings. The predicted octanol–water partition coefficient (Wildman–Crippen LogP) is 18.2. The molecule has 0 aromatic carbocycles. The average molecular weight is 1420 g/mol. The van der Waals surface area contributed by atoms with Gasteiger partial charge >= 0.3 is 17.9 Å². The Balaban J connectivity index is -0.000000634. The van der Waals surface area contributed by atoms with Gasteiger partial charge < -0.3 is 37.6 Å². The SMILES string of the molecule is CCCCCCCC(=O)C(N)(C(=O)CCCCCCC)C(=O)CCCCCCC.CCCCCCCC(=O)C(N)(C(=O)CCCCCCC)C(=O)CCCCCCC.CCCCCCCC(=O)C(N)(C(=O)CCCCCCC)C(=O)CCCCCCC.O=C(O)CC(O)(CC(=O)O)C(=O)O. The first-order valence-electron chi connectivity index (χ1n) is 40.2. The van der Waals surface area contributed by atoms with Crippen LogP contribution in [0.3, 0.4) is 0 Å². The molecular formula is C81H149N3O16. The molecule has 0 unspecified atom stereocenters. The van der Waals surface area contributed by atoms with Gasteiger partial charge in [0.2, 0.25) is 0 Å². The standard InChI is InChI=1S/3C25H47NO3.C6H8O7/c3*1-4-7-10-13-16-19-22(27)25(26,23(28)20-17-14-11-8-5-2)24(29)21-18-15-12-9-6-3;7-3(8)1-6(13,5(11)12)2-4(9)10/h3*4-21,26H2,1-3H3;13H,1-2H2,(H,7,8)(H,9,10)(H,11,12). The maximum Gasteiger partial charge on any atom is 0.336 e. The van der Waals surface area contributed by atoms with E-state index in [9.17, 15) is 57.5 Å².